The molecule has 31 heavy (non-hydrogen) atoms. The van der Waals surface area contributed by atoms with Crippen LogP contribution in [0.1, 0.15) is 25.6 Å². The molecule has 0 saturated carbocycles. The van der Waals surface area contributed by atoms with E-state index in [4.69, 9.17) is 4.52 Å². The van der Waals surface area contributed by atoms with Gasteiger partial charge in [-0.3, -0.25) is 14.2 Å². The molecule has 0 aliphatic rings. The van der Waals surface area contributed by atoms with Gasteiger partial charge in [0.15, 0.2) is 5.82 Å². The summed E-state index contributed by atoms with van der Waals surface area (Å²) in [6, 6.07) is 11.0. The van der Waals surface area contributed by atoms with Crippen LogP contribution in [-0.4, -0.2) is 20.6 Å². The number of hydrogen-bond acceptors (Lipinski definition) is 5. The largest absolute Gasteiger partial charge is 0.334 e. The van der Waals surface area contributed by atoms with Crippen molar-refractivity contribution in [1.29, 1.82) is 0 Å². The van der Waals surface area contributed by atoms with Gasteiger partial charge in [0.2, 0.25) is 5.91 Å². The van der Waals surface area contributed by atoms with E-state index in [1.807, 2.05) is 13.8 Å². The second-order valence-corrected chi connectivity index (χ2v) is 7.28. The van der Waals surface area contributed by atoms with Crippen molar-refractivity contribution < 1.29 is 18.1 Å². The van der Waals surface area contributed by atoms with E-state index in [2.05, 4.69) is 15.5 Å². The lowest BCUT2D eigenvalue weighted by Gasteiger charge is -2.12. The van der Waals surface area contributed by atoms with Crippen LogP contribution in [0.3, 0.4) is 0 Å². The molecule has 4 aromatic rings. The molecule has 158 valence electrons. The van der Waals surface area contributed by atoms with Crippen molar-refractivity contribution in [3.8, 4) is 11.5 Å². The molecule has 0 aliphatic carbocycles. The quantitative estimate of drug-likeness (QED) is 0.521. The lowest BCUT2D eigenvalue weighted by molar-refractivity contribution is -0.116. The Kier molecular flexibility index (Phi) is 5.33. The summed E-state index contributed by atoms with van der Waals surface area (Å²) in [5, 5.41) is 6.87. The number of carbonyl (C=O) groups is 1. The molecule has 0 aliphatic heterocycles. The standard InChI is InChI=1S/C22H18F2N4O3/c1-12(2)21-26-22(31-27-21)15-10-20(30)28(18-6-4-3-5-14(15)18)11-19(29)25-17-9-13(23)7-8-16(17)24/h3-10,12H,11H2,1-2H3,(H,25,29). The average molecular weight is 424 g/mol. The third kappa shape index (κ3) is 4.07. The Morgan fingerprint density at radius 3 is 2.68 bits per heavy atom. The molecule has 0 radical (unpaired) electrons. The lowest BCUT2D eigenvalue weighted by Crippen LogP contribution is -2.28. The molecule has 0 unspecified atom stereocenters. The summed E-state index contributed by atoms with van der Waals surface area (Å²) in [7, 11) is 0. The van der Waals surface area contributed by atoms with Crippen molar-refractivity contribution in [2.24, 2.45) is 0 Å². The number of nitrogens with one attached hydrogen (secondary N) is 1. The molecule has 2 heterocycles. The topological polar surface area (TPSA) is 90.0 Å². The van der Waals surface area contributed by atoms with Gasteiger partial charge in [0.1, 0.15) is 18.2 Å². The van der Waals surface area contributed by atoms with Gasteiger partial charge in [-0.15, -0.1) is 0 Å². The van der Waals surface area contributed by atoms with E-state index in [1.165, 1.54) is 10.6 Å². The molecule has 1 amide bonds. The summed E-state index contributed by atoms with van der Waals surface area (Å²) in [5.41, 5.74) is 0.135. The fourth-order valence-electron chi connectivity index (χ4n) is 3.18. The predicted molar refractivity (Wildman–Crippen MR) is 111 cm³/mol. The number of amides is 1. The number of fused-ring (bicyclic) bond motifs is 1. The van der Waals surface area contributed by atoms with Crippen LogP contribution in [-0.2, 0) is 11.3 Å². The maximum absolute atomic E-state index is 13.8. The molecule has 0 bridgehead atoms. The minimum atomic E-state index is -0.778. The van der Waals surface area contributed by atoms with Crippen molar-refractivity contribution in [2.75, 3.05) is 5.32 Å². The minimum Gasteiger partial charge on any atom is -0.334 e. The second-order valence-electron chi connectivity index (χ2n) is 7.28. The first-order chi connectivity index (χ1) is 14.8. The van der Waals surface area contributed by atoms with Gasteiger partial charge in [-0.05, 0) is 18.2 Å². The van der Waals surface area contributed by atoms with E-state index in [1.54, 1.807) is 24.3 Å². The first-order valence-corrected chi connectivity index (χ1v) is 9.55. The van der Waals surface area contributed by atoms with Crippen molar-refractivity contribution >= 4 is 22.5 Å². The Hall–Kier alpha value is -3.88. The number of anilines is 1. The van der Waals surface area contributed by atoms with Gasteiger partial charge in [0.25, 0.3) is 11.4 Å². The summed E-state index contributed by atoms with van der Waals surface area (Å²) in [4.78, 5) is 29.7. The molecule has 0 saturated heterocycles. The maximum atomic E-state index is 13.8. The number of halogens is 2. The van der Waals surface area contributed by atoms with Gasteiger partial charge >= 0.3 is 0 Å². The van der Waals surface area contributed by atoms with Crippen molar-refractivity contribution in [3.63, 3.8) is 0 Å². The molecular formula is C22H18F2N4O3. The molecule has 0 spiro atoms. The zero-order valence-electron chi connectivity index (χ0n) is 16.7. The Balaban J connectivity index is 1.72. The van der Waals surface area contributed by atoms with Gasteiger partial charge in [0.05, 0.1) is 16.8 Å². The highest BCUT2D eigenvalue weighted by atomic mass is 19.1. The highest BCUT2D eigenvalue weighted by Crippen LogP contribution is 2.27. The Bertz CT molecular complexity index is 1340. The Labute approximate surface area is 175 Å². The average Bonchev–Trinajstić information content (AvgIpc) is 3.23. The van der Waals surface area contributed by atoms with E-state index >= 15 is 0 Å². The van der Waals surface area contributed by atoms with E-state index in [9.17, 15) is 18.4 Å². The molecule has 4 rings (SSSR count). The normalized spacial score (nSPS) is 11.3. The van der Waals surface area contributed by atoms with Gasteiger partial charge in [-0.25, -0.2) is 8.78 Å². The SMILES string of the molecule is CC(C)c1noc(-c2cc(=O)n(CC(=O)Nc3cc(F)ccc3F)c3ccccc23)n1. The second kappa shape index (κ2) is 8.10. The Morgan fingerprint density at radius 2 is 1.94 bits per heavy atom. The predicted octanol–water partition coefficient (Wildman–Crippen LogP) is 4.09. The van der Waals surface area contributed by atoms with Crippen LogP contribution in [0, 0.1) is 11.6 Å². The first kappa shape index (κ1) is 20.4. The fraction of sp³-hybridized carbons (Fsp3) is 0.182. The van der Waals surface area contributed by atoms with Gasteiger partial charge in [-0.1, -0.05) is 37.2 Å². The molecule has 7 nitrogen and oxygen atoms in total. The van der Waals surface area contributed by atoms with Crippen LogP contribution in [0.4, 0.5) is 14.5 Å². The van der Waals surface area contributed by atoms with E-state index in [-0.39, 0.29) is 17.5 Å². The van der Waals surface area contributed by atoms with Crippen molar-refractivity contribution in [2.45, 2.75) is 26.3 Å². The molecular weight excluding hydrogens is 406 g/mol. The van der Waals surface area contributed by atoms with Crippen LogP contribution in [0.5, 0.6) is 0 Å². The third-order valence-corrected chi connectivity index (χ3v) is 4.71. The van der Waals surface area contributed by atoms with Crippen LogP contribution in [0.25, 0.3) is 22.4 Å². The monoisotopic (exact) mass is 424 g/mol. The van der Waals surface area contributed by atoms with E-state index in [0.717, 1.165) is 18.2 Å². The highest BCUT2D eigenvalue weighted by Gasteiger charge is 2.18. The van der Waals surface area contributed by atoms with Gasteiger partial charge < -0.3 is 9.84 Å². The molecule has 0 atom stereocenters. The zero-order chi connectivity index (χ0) is 22.1. The van der Waals surface area contributed by atoms with Gasteiger partial charge in [0, 0.05) is 23.4 Å². The highest BCUT2D eigenvalue weighted by molar-refractivity contribution is 5.95. The zero-order valence-corrected chi connectivity index (χ0v) is 16.7. The van der Waals surface area contributed by atoms with Crippen molar-refractivity contribution in [1.82, 2.24) is 14.7 Å². The van der Waals surface area contributed by atoms with Crippen LogP contribution >= 0.6 is 0 Å². The number of para-hydroxylation sites is 1. The smallest absolute Gasteiger partial charge is 0.258 e. The summed E-state index contributed by atoms with van der Waals surface area (Å²) in [6.45, 7) is 3.45. The van der Waals surface area contributed by atoms with Gasteiger partial charge in [-0.2, -0.15) is 4.98 Å². The van der Waals surface area contributed by atoms with Crippen LogP contribution in [0.15, 0.2) is 57.8 Å². The number of hydrogen-bond donors (Lipinski definition) is 1. The number of carbonyl (C=O) groups excluding carboxylic acids is 1. The number of benzene rings is 2. The van der Waals surface area contributed by atoms with Crippen molar-refractivity contribution in [3.05, 3.63) is 76.3 Å². The van der Waals surface area contributed by atoms with E-state index in [0.29, 0.717) is 22.3 Å². The first-order valence-electron chi connectivity index (χ1n) is 9.55. The molecule has 0 fully saturated rings. The third-order valence-electron chi connectivity index (χ3n) is 4.71. The summed E-state index contributed by atoms with van der Waals surface area (Å²) < 4.78 is 33.8. The van der Waals surface area contributed by atoms with E-state index < -0.39 is 29.6 Å². The van der Waals surface area contributed by atoms with Crippen LogP contribution in [0.2, 0.25) is 0 Å². The summed E-state index contributed by atoms with van der Waals surface area (Å²) in [5.74, 6) is -1.38. The summed E-state index contributed by atoms with van der Waals surface area (Å²) in [6.07, 6.45) is 0. The number of pyridine rings is 1. The molecule has 2 aromatic carbocycles. The fourth-order valence-corrected chi connectivity index (χ4v) is 3.18. The number of nitrogens with zero attached hydrogens (tertiary/aromatic N) is 3. The minimum absolute atomic E-state index is 0.0519. The molecule has 1 N–H and O–H groups in total. The molecule has 2 aromatic heterocycles. The Morgan fingerprint density at radius 1 is 1.16 bits per heavy atom. The van der Waals surface area contributed by atoms with Crippen LogP contribution < -0.4 is 10.9 Å². The number of aromatic nitrogens is 3. The summed E-state index contributed by atoms with van der Waals surface area (Å²) >= 11 is 0. The number of rotatable bonds is 5. The maximum Gasteiger partial charge on any atom is 0.258 e. The lowest BCUT2D eigenvalue weighted by atomic mass is 10.1. The molecule has 9 heteroatoms.